The third-order valence-corrected chi connectivity index (χ3v) is 7.43. The van der Waals surface area contributed by atoms with E-state index in [1.165, 1.54) is 16.2 Å². The van der Waals surface area contributed by atoms with E-state index in [0.29, 0.717) is 32.2 Å². The first kappa shape index (κ1) is 29.0. The summed E-state index contributed by atoms with van der Waals surface area (Å²) in [5, 5.41) is 4.66. The molecule has 0 aliphatic rings. The molecule has 0 bridgehead atoms. The highest BCUT2D eigenvalue weighted by Gasteiger charge is 2.32. The Kier molecular flexibility index (Phi) is 11.0. The molecule has 8 nitrogen and oxygen atoms in total. The minimum atomic E-state index is -0.844. The Bertz CT molecular complexity index is 1170. The fourth-order valence-corrected chi connectivity index (χ4v) is 5.03. The van der Waals surface area contributed by atoms with Crippen LogP contribution in [0.5, 0.6) is 0 Å². The molecule has 0 saturated carbocycles. The Morgan fingerprint density at radius 1 is 0.921 bits per heavy atom. The van der Waals surface area contributed by atoms with Crippen molar-refractivity contribution in [3.05, 3.63) is 82.6 Å². The second-order valence-corrected chi connectivity index (χ2v) is 10.4. The number of rotatable bonds is 14. The monoisotopic (exact) mass is 535 g/mol. The van der Waals surface area contributed by atoms with E-state index in [1.54, 1.807) is 7.05 Å². The molecule has 1 heterocycles. The summed E-state index contributed by atoms with van der Waals surface area (Å²) < 4.78 is 0. The molecule has 3 amide bonds. The molecule has 7 N–H and O–H groups in total. The van der Waals surface area contributed by atoms with Crippen LogP contribution in [0, 0.1) is 0 Å². The molecule has 38 heavy (non-hydrogen) atoms. The van der Waals surface area contributed by atoms with Crippen molar-refractivity contribution in [1.29, 1.82) is 0 Å². The van der Waals surface area contributed by atoms with Gasteiger partial charge in [-0.25, -0.2) is 0 Å². The number of benzene rings is 2. The number of carbonyl (C=O) groups is 3. The second kappa shape index (κ2) is 14.4. The molecule has 2 aromatic carbocycles. The summed E-state index contributed by atoms with van der Waals surface area (Å²) in [5.41, 5.74) is 20.5. The molecule has 0 spiro atoms. The molecular weight excluding hydrogens is 498 g/mol. The van der Waals surface area contributed by atoms with Crippen LogP contribution in [0.15, 0.2) is 72.1 Å². The number of nitrogens with two attached hydrogens (primary N) is 3. The molecule has 0 radical (unpaired) electrons. The zero-order valence-electron chi connectivity index (χ0n) is 21.7. The summed E-state index contributed by atoms with van der Waals surface area (Å²) in [4.78, 5) is 41.0. The van der Waals surface area contributed by atoms with Crippen molar-refractivity contribution in [1.82, 2.24) is 10.2 Å². The Morgan fingerprint density at radius 3 is 2.21 bits per heavy atom. The third kappa shape index (κ3) is 8.24. The standard InChI is InChI=1S/C29H37N5O3S/c1-34(29(37)24(31)18-20-12-14-22(15-13-20)21-8-3-2-4-9-21)26(19-23-10-7-17-38-23)28(36)33-25(27(32)35)11-5-6-16-30/h2-4,7-10,12-15,17,24-26H,5-6,11,16,18-19,30-31H2,1H3,(H2,32,35)(H,33,36)/t24-,25+,26-/m1/s1. The van der Waals surface area contributed by atoms with Gasteiger partial charge in [-0.1, -0.05) is 60.7 Å². The van der Waals surface area contributed by atoms with Crippen LogP contribution in [-0.4, -0.2) is 54.3 Å². The molecule has 3 aromatic rings. The average Bonchev–Trinajstić information content (AvgIpc) is 3.44. The second-order valence-electron chi connectivity index (χ2n) is 9.37. The van der Waals surface area contributed by atoms with Crippen molar-refractivity contribution in [2.24, 2.45) is 17.2 Å². The quantitative estimate of drug-likeness (QED) is 0.234. The molecule has 0 aliphatic heterocycles. The van der Waals surface area contributed by atoms with E-state index in [4.69, 9.17) is 17.2 Å². The number of nitrogens with zero attached hydrogens (tertiary/aromatic N) is 1. The van der Waals surface area contributed by atoms with Crippen molar-refractivity contribution in [2.75, 3.05) is 13.6 Å². The van der Waals surface area contributed by atoms with Gasteiger partial charge in [0.05, 0.1) is 6.04 Å². The molecule has 9 heteroatoms. The Balaban J connectivity index is 1.70. The number of unbranched alkanes of at least 4 members (excludes halogenated alkanes) is 1. The van der Waals surface area contributed by atoms with Crippen LogP contribution < -0.4 is 22.5 Å². The highest BCUT2D eigenvalue weighted by Crippen LogP contribution is 2.20. The van der Waals surface area contributed by atoms with Crippen LogP contribution in [0.4, 0.5) is 0 Å². The van der Waals surface area contributed by atoms with Crippen molar-refractivity contribution in [3.8, 4) is 11.1 Å². The largest absolute Gasteiger partial charge is 0.368 e. The van der Waals surface area contributed by atoms with Crippen molar-refractivity contribution >= 4 is 29.1 Å². The molecule has 0 aliphatic carbocycles. The minimum absolute atomic E-state index is 0.304. The zero-order valence-corrected chi connectivity index (χ0v) is 22.5. The number of nitrogens with one attached hydrogen (secondary N) is 1. The van der Waals surface area contributed by atoms with E-state index >= 15 is 0 Å². The fraction of sp³-hybridized carbons (Fsp3) is 0.345. The normalized spacial score (nSPS) is 13.3. The summed E-state index contributed by atoms with van der Waals surface area (Å²) in [7, 11) is 1.58. The van der Waals surface area contributed by atoms with E-state index < -0.39 is 29.9 Å². The van der Waals surface area contributed by atoms with Crippen LogP contribution in [0.2, 0.25) is 0 Å². The van der Waals surface area contributed by atoms with E-state index in [1.807, 2.05) is 72.1 Å². The number of primary amides is 1. The predicted molar refractivity (Wildman–Crippen MR) is 152 cm³/mol. The van der Waals surface area contributed by atoms with E-state index in [0.717, 1.165) is 28.0 Å². The van der Waals surface area contributed by atoms with Gasteiger partial charge in [0, 0.05) is 18.3 Å². The highest BCUT2D eigenvalue weighted by molar-refractivity contribution is 7.09. The van der Waals surface area contributed by atoms with Crippen molar-refractivity contribution in [2.45, 2.75) is 50.2 Å². The summed E-state index contributed by atoms with van der Waals surface area (Å²) in [6.45, 7) is 0.491. The molecule has 0 unspecified atom stereocenters. The van der Waals surface area contributed by atoms with Crippen LogP contribution in [0.1, 0.15) is 29.7 Å². The maximum absolute atomic E-state index is 13.4. The molecule has 0 fully saturated rings. The number of carbonyl (C=O) groups excluding carboxylic acids is 3. The number of likely N-dealkylation sites (N-methyl/N-ethyl adjacent to an activating group) is 1. The maximum Gasteiger partial charge on any atom is 0.243 e. The van der Waals surface area contributed by atoms with E-state index in [9.17, 15) is 14.4 Å². The third-order valence-electron chi connectivity index (χ3n) is 6.53. The molecule has 3 atom stereocenters. The number of thiophene rings is 1. The van der Waals surface area contributed by atoms with Crippen LogP contribution in [0.25, 0.3) is 11.1 Å². The molecule has 202 valence electrons. The van der Waals surface area contributed by atoms with Crippen molar-refractivity contribution in [3.63, 3.8) is 0 Å². The summed E-state index contributed by atoms with van der Waals surface area (Å²) in [6.07, 6.45) is 2.40. The van der Waals surface area contributed by atoms with Gasteiger partial charge < -0.3 is 27.4 Å². The summed E-state index contributed by atoms with van der Waals surface area (Å²) in [5.74, 6) is -1.41. The van der Waals surface area contributed by atoms with Gasteiger partial charge in [0.1, 0.15) is 12.1 Å². The lowest BCUT2D eigenvalue weighted by molar-refractivity contribution is -0.140. The molecular formula is C29H37N5O3S. The summed E-state index contributed by atoms with van der Waals surface area (Å²) >= 11 is 1.50. The molecule has 0 saturated heterocycles. The van der Waals surface area contributed by atoms with Gasteiger partial charge in [0.25, 0.3) is 0 Å². The van der Waals surface area contributed by atoms with Gasteiger partial charge >= 0.3 is 0 Å². The Morgan fingerprint density at radius 2 is 1.61 bits per heavy atom. The fourth-order valence-electron chi connectivity index (χ4n) is 4.29. The first-order valence-corrected chi connectivity index (χ1v) is 13.7. The average molecular weight is 536 g/mol. The van der Waals surface area contributed by atoms with Gasteiger partial charge in [-0.2, -0.15) is 0 Å². The minimum Gasteiger partial charge on any atom is -0.368 e. The number of hydrogen-bond donors (Lipinski definition) is 4. The zero-order chi connectivity index (χ0) is 27.5. The number of amides is 3. The van der Waals surface area contributed by atoms with Gasteiger partial charge in [-0.3, -0.25) is 14.4 Å². The maximum atomic E-state index is 13.4. The topological polar surface area (TPSA) is 145 Å². The van der Waals surface area contributed by atoms with Crippen LogP contribution >= 0.6 is 11.3 Å². The van der Waals surface area contributed by atoms with E-state index in [-0.39, 0.29) is 5.91 Å². The van der Waals surface area contributed by atoms with Crippen molar-refractivity contribution < 1.29 is 14.4 Å². The predicted octanol–water partition coefficient (Wildman–Crippen LogP) is 2.45. The lowest BCUT2D eigenvalue weighted by Gasteiger charge is -2.30. The lowest BCUT2D eigenvalue weighted by atomic mass is 10.00. The van der Waals surface area contributed by atoms with Crippen LogP contribution in [0.3, 0.4) is 0 Å². The Hall–Kier alpha value is -3.53. The van der Waals surface area contributed by atoms with E-state index in [2.05, 4.69) is 5.32 Å². The van der Waals surface area contributed by atoms with Gasteiger partial charge in [-0.15, -0.1) is 11.3 Å². The lowest BCUT2D eigenvalue weighted by Crippen LogP contribution is -2.56. The van der Waals surface area contributed by atoms with Gasteiger partial charge in [0.2, 0.25) is 17.7 Å². The SMILES string of the molecule is CN(C(=O)[C@H](N)Cc1ccc(-c2ccccc2)cc1)[C@H](Cc1cccs1)C(=O)N[C@@H](CCCCN)C(N)=O. The Labute approximate surface area is 228 Å². The summed E-state index contributed by atoms with van der Waals surface area (Å²) in [6, 6.07) is 19.3. The molecule has 3 rings (SSSR count). The van der Waals surface area contributed by atoms with Gasteiger partial charge in [0.15, 0.2) is 0 Å². The smallest absolute Gasteiger partial charge is 0.243 e. The van der Waals surface area contributed by atoms with Gasteiger partial charge in [-0.05, 0) is 60.4 Å². The highest BCUT2D eigenvalue weighted by atomic mass is 32.1. The first-order chi connectivity index (χ1) is 18.3. The van der Waals surface area contributed by atoms with Crippen LogP contribution in [-0.2, 0) is 27.2 Å². The first-order valence-electron chi connectivity index (χ1n) is 12.8. The number of hydrogen-bond acceptors (Lipinski definition) is 6. The molecule has 1 aromatic heterocycles.